The molecule has 5 rings (SSSR count). The first kappa shape index (κ1) is 30.4. The van der Waals surface area contributed by atoms with Crippen molar-refractivity contribution in [2.45, 2.75) is 26.3 Å². The maximum Gasteiger partial charge on any atom is 0.324 e. The Bertz CT molecular complexity index is 1690. The van der Waals surface area contributed by atoms with Gasteiger partial charge in [0.25, 0.3) is 17.6 Å². The van der Waals surface area contributed by atoms with Crippen molar-refractivity contribution in [2.24, 2.45) is 7.05 Å². The van der Waals surface area contributed by atoms with Crippen LogP contribution < -0.4 is 10.2 Å². The molecule has 1 N–H and O–H groups in total. The van der Waals surface area contributed by atoms with E-state index < -0.39 is 29.2 Å². The average molecular weight is 608 g/mol. The number of benzene rings is 2. The molecule has 4 amide bonds. The topological polar surface area (TPSA) is 121 Å². The van der Waals surface area contributed by atoms with Gasteiger partial charge in [-0.3, -0.25) is 24.1 Å². The van der Waals surface area contributed by atoms with E-state index in [1.54, 1.807) is 55.0 Å². The van der Waals surface area contributed by atoms with Gasteiger partial charge in [-0.25, -0.2) is 13.6 Å². The number of carbonyl (C=O) groups excluding carboxylic acids is 5. The Kier molecular flexibility index (Phi) is 8.22. The Labute approximate surface area is 252 Å². The average Bonchev–Trinajstić information content (AvgIpc) is 3.45. The van der Waals surface area contributed by atoms with E-state index in [2.05, 4.69) is 5.32 Å². The van der Waals surface area contributed by atoms with Gasteiger partial charge < -0.3 is 24.4 Å². The largest absolute Gasteiger partial charge is 0.469 e. The van der Waals surface area contributed by atoms with E-state index in [0.717, 1.165) is 17.7 Å². The minimum Gasteiger partial charge on any atom is -0.469 e. The number of methoxy groups -OCH3 is 1. The number of urea groups is 1. The highest BCUT2D eigenvalue weighted by Crippen LogP contribution is 2.28. The number of halogens is 2. The van der Waals surface area contributed by atoms with Crippen LogP contribution in [0.5, 0.6) is 0 Å². The molecule has 2 aromatic carbocycles. The first-order valence-electron chi connectivity index (χ1n) is 13.9. The smallest absolute Gasteiger partial charge is 0.324 e. The molecule has 1 aromatic heterocycles. The van der Waals surface area contributed by atoms with Crippen LogP contribution >= 0.6 is 0 Å². The van der Waals surface area contributed by atoms with Gasteiger partial charge in [0.15, 0.2) is 11.6 Å². The van der Waals surface area contributed by atoms with Gasteiger partial charge in [-0.05, 0) is 49.2 Å². The molecule has 3 heterocycles. The third kappa shape index (κ3) is 5.52. The van der Waals surface area contributed by atoms with E-state index in [1.807, 2.05) is 0 Å². The number of anilines is 2. The van der Waals surface area contributed by atoms with Crippen LogP contribution in [-0.4, -0.2) is 83.3 Å². The zero-order valence-electron chi connectivity index (χ0n) is 24.6. The molecule has 0 bridgehead atoms. The Balaban J connectivity index is 1.28. The molecular formula is C31H31F2N5O6. The fraction of sp³-hybridized carbons (Fsp3) is 0.323. The molecule has 13 heteroatoms. The molecule has 0 aliphatic carbocycles. The number of nitrogens with zero attached hydrogens (tertiary/aromatic N) is 4. The number of hydrogen-bond acceptors (Lipinski definition) is 6. The first-order valence-corrected chi connectivity index (χ1v) is 13.9. The van der Waals surface area contributed by atoms with Crippen molar-refractivity contribution in [1.29, 1.82) is 0 Å². The molecule has 2 fully saturated rings. The lowest BCUT2D eigenvalue weighted by atomic mass is 10.0. The summed E-state index contributed by atoms with van der Waals surface area (Å²) >= 11 is 0. The summed E-state index contributed by atoms with van der Waals surface area (Å²) in [5, 5.41) is 2.51. The van der Waals surface area contributed by atoms with Crippen LogP contribution in [0.2, 0.25) is 0 Å². The van der Waals surface area contributed by atoms with Gasteiger partial charge in [-0.15, -0.1) is 0 Å². The minimum atomic E-state index is -1.12. The van der Waals surface area contributed by atoms with Crippen LogP contribution in [0.3, 0.4) is 0 Å². The van der Waals surface area contributed by atoms with Gasteiger partial charge in [0.2, 0.25) is 0 Å². The Morgan fingerprint density at radius 1 is 0.977 bits per heavy atom. The lowest BCUT2D eigenvalue weighted by Crippen LogP contribution is -2.55. The monoisotopic (exact) mass is 607 g/mol. The second-order valence-corrected chi connectivity index (χ2v) is 10.8. The summed E-state index contributed by atoms with van der Waals surface area (Å²) < 4.78 is 33.1. The van der Waals surface area contributed by atoms with Gasteiger partial charge in [-0.2, -0.15) is 0 Å². The number of ether oxygens (including phenoxy) is 1. The fourth-order valence-electron chi connectivity index (χ4n) is 5.79. The molecule has 11 nitrogen and oxygen atoms in total. The summed E-state index contributed by atoms with van der Waals surface area (Å²) in [5.41, 5.74) is 2.29. The maximum absolute atomic E-state index is 13.6. The zero-order chi connectivity index (χ0) is 31.9. The number of carbonyl (C=O) groups is 5. The fourth-order valence-corrected chi connectivity index (χ4v) is 5.79. The molecule has 0 spiro atoms. The van der Waals surface area contributed by atoms with Crippen molar-refractivity contribution in [1.82, 2.24) is 14.4 Å². The third-order valence-electron chi connectivity index (χ3n) is 8.21. The van der Waals surface area contributed by atoms with E-state index in [9.17, 15) is 32.8 Å². The molecule has 2 aliphatic heterocycles. The molecule has 230 valence electrons. The molecule has 1 atom stereocenters. The predicted octanol–water partition coefficient (Wildman–Crippen LogP) is 3.22. The summed E-state index contributed by atoms with van der Waals surface area (Å²) in [6, 6.07) is 9.42. The Hall–Kier alpha value is -5.07. The van der Waals surface area contributed by atoms with Crippen LogP contribution in [0.4, 0.5) is 25.0 Å². The molecule has 44 heavy (non-hydrogen) atoms. The highest BCUT2D eigenvalue weighted by molar-refractivity contribution is 6.43. The molecule has 3 aromatic rings. The Morgan fingerprint density at radius 2 is 1.68 bits per heavy atom. The van der Waals surface area contributed by atoms with Crippen molar-refractivity contribution in [3.63, 3.8) is 0 Å². The number of nitrogens with one attached hydrogen (secondary N) is 1. The lowest BCUT2D eigenvalue weighted by Gasteiger charge is -2.36. The van der Waals surface area contributed by atoms with Gasteiger partial charge in [-0.1, -0.05) is 12.1 Å². The van der Waals surface area contributed by atoms with Crippen LogP contribution in [-0.2, 0) is 27.8 Å². The second-order valence-electron chi connectivity index (χ2n) is 10.8. The summed E-state index contributed by atoms with van der Waals surface area (Å²) in [4.78, 5) is 69.5. The maximum atomic E-state index is 13.6. The Morgan fingerprint density at radius 3 is 2.34 bits per heavy atom. The highest BCUT2D eigenvalue weighted by Gasteiger charge is 2.43. The molecule has 2 saturated heterocycles. The zero-order valence-corrected chi connectivity index (χ0v) is 24.6. The summed E-state index contributed by atoms with van der Waals surface area (Å²) in [6.45, 7) is 4.03. The number of aromatic nitrogens is 1. The number of rotatable bonds is 7. The number of amides is 4. The van der Waals surface area contributed by atoms with Gasteiger partial charge in [0, 0.05) is 56.4 Å². The molecule has 0 saturated carbocycles. The molecule has 2 aliphatic rings. The number of Topliss-reactive ketones (excluding diaryl/α,β-unsaturated/α-hetero) is 1. The number of hydrogen-bond donors (Lipinski definition) is 1. The SMILES string of the molecule is COC(=O)Cc1ccc(N2C[C@@H]3CN(C(=O)C(=O)c4c(C)c(C(=O)Nc5ccc(F)c(F)c5)n(C)c4C)CCN3C2=O)cc1. The highest BCUT2D eigenvalue weighted by atomic mass is 19.2. The molecule has 0 unspecified atom stereocenters. The van der Waals surface area contributed by atoms with E-state index in [1.165, 1.54) is 22.6 Å². The van der Waals surface area contributed by atoms with Gasteiger partial charge in [0.05, 0.1) is 25.1 Å². The van der Waals surface area contributed by atoms with Gasteiger partial charge >= 0.3 is 12.0 Å². The van der Waals surface area contributed by atoms with Gasteiger partial charge in [0.1, 0.15) is 5.69 Å². The van der Waals surface area contributed by atoms with Crippen LogP contribution in [0, 0.1) is 25.5 Å². The van der Waals surface area contributed by atoms with Crippen LogP contribution in [0.25, 0.3) is 0 Å². The summed E-state index contributed by atoms with van der Waals surface area (Å²) in [6.07, 6.45) is 0.116. The van der Waals surface area contributed by atoms with Crippen molar-refractivity contribution in [3.05, 3.63) is 82.2 Å². The van der Waals surface area contributed by atoms with E-state index in [-0.39, 0.29) is 66.6 Å². The molecular weight excluding hydrogens is 576 g/mol. The van der Waals surface area contributed by atoms with Crippen LogP contribution in [0.1, 0.15) is 37.7 Å². The number of piperazine rings is 1. The quantitative estimate of drug-likeness (QED) is 0.250. The second kappa shape index (κ2) is 11.9. The van der Waals surface area contributed by atoms with Crippen molar-refractivity contribution in [2.75, 3.05) is 43.5 Å². The normalized spacial score (nSPS) is 16.2. The molecule has 0 radical (unpaired) electrons. The first-order chi connectivity index (χ1) is 20.9. The standard InChI is InChI=1S/C31H31F2N5O6/c1-17-26(18(2)35(3)27(17)29(41)34-20-7-10-23(32)24(33)14-20)28(40)30(42)36-11-12-37-22(15-36)16-38(31(37)43)21-8-5-19(6-9-21)13-25(39)44-4/h5-10,14,22H,11-13,15-16H2,1-4H3,(H,34,41)/t22-/m0/s1. The minimum absolute atomic E-state index is 0.0336. The predicted molar refractivity (Wildman–Crippen MR) is 156 cm³/mol. The van der Waals surface area contributed by atoms with E-state index in [0.29, 0.717) is 17.9 Å². The number of fused-ring (bicyclic) bond motifs is 1. The summed E-state index contributed by atoms with van der Waals surface area (Å²) in [5.74, 6) is -4.72. The van der Waals surface area contributed by atoms with Crippen molar-refractivity contribution in [3.8, 4) is 0 Å². The van der Waals surface area contributed by atoms with Crippen molar-refractivity contribution < 1.29 is 37.5 Å². The third-order valence-corrected chi connectivity index (χ3v) is 8.21. The van der Waals surface area contributed by atoms with E-state index >= 15 is 0 Å². The van der Waals surface area contributed by atoms with E-state index in [4.69, 9.17) is 4.74 Å². The number of esters is 1. The number of ketones is 1. The summed E-state index contributed by atoms with van der Waals surface area (Å²) in [7, 11) is 2.89. The van der Waals surface area contributed by atoms with Crippen LogP contribution in [0.15, 0.2) is 42.5 Å². The lowest BCUT2D eigenvalue weighted by molar-refractivity contribution is -0.139. The van der Waals surface area contributed by atoms with Crippen molar-refractivity contribution >= 4 is 41.0 Å².